The largest absolute Gasteiger partial charge is 0.339 e. The molecule has 0 aliphatic heterocycles. The Morgan fingerprint density at radius 2 is 1.82 bits per heavy atom. The molecule has 1 rings (SSSR count). The van der Waals surface area contributed by atoms with E-state index in [1.807, 2.05) is 4.90 Å². The van der Waals surface area contributed by atoms with Gasteiger partial charge in [-0.15, -0.1) is 0 Å². The number of amides is 1. The Labute approximate surface area is 131 Å². The van der Waals surface area contributed by atoms with Crippen LogP contribution in [0.2, 0.25) is 0 Å². The minimum absolute atomic E-state index is 0.0239. The predicted molar refractivity (Wildman–Crippen MR) is 88.4 cm³/mol. The van der Waals surface area contributed by atoms with Crippen LogP contribution in [-0.4, -0.2) is 28.8 Å². The molecule has 0 unspecified atom stereocenters. The standard InChI is InChI=1S/C17H24N2O3/c1-13(2)11-18(12-14(3)4)17(20)9-8-15-6-5-7-16(10-15)19(21)22/h5-10,13-14H,11-12H2,1-4H3/b9-8+. The highest BCUT2D eigenvalue weighted by molar-refractivity contribution is 5.91. The van der Waals surface area contributed by atoms with Crippen LogP contribution >= 0.6 is 0 Å². The molecule has 1 aromatic rings. The van der Waals surface area contributed by atoms with Gasteiger partial charge in [0.05, 0.1) is 4.92 Å². The summed E-state index contributed by atoms with van der Waals surface area (Å²) in [5.41, 5.74) is 0.674. The number of non-ortho nitro benzene ring substituents is 1. The van der Waals surface area contributed by atoms with Crippen LogP contribution in [0.3, 0.4) is 0 Å². The molecular formula is C17H24N2O3. The van der Waals surface area contributed by atoms with E-state index in [0.717, 1.165) is 0 Å². The number of rotatable bonds is 7. The quantitative estimate of drug-likeness (QED) is 0.438. The molecule has 0 heterocycles. The molecule has 0 radical (unpaired) electrons. The third-order valence-corrected chi connectivity index (χ3v) is 2.98. The SMILES string of the molecule is CC(C)CN(CC(C)C)C(=O)/C=C/c1cccc([N+](=O)[O-])c1. The van der Waals surface area contributed by atoms with Crippen LogP contribution in [0, 0.1) is 22.0 Å². The van der Waals surface area contributed by atoms with E-state index in [4.69, 9.17) is 0 Å². The maximum Gasteiger partial charge on any atom is 0.270 e. The second-order valence-electron chi connectivity index (χ2n) is 6.22. The molecule has 0 aromatic heterocycles. The first-order valence-electron chi connectivity index (χ1n) is 7.51. The van der Waals surface area contributed by atoms with Gasteiger partial charge in [0.1, 0.15) is 0 Å². The van der Waals surface area contributed by atoms with E-state index in [2.05, 4.69) is 27.7 Å². The molecule has 0 spiro atoms. The van der Waals surface area contributed by atoms with E-state index in [1.54, 1.807) is 18.2 Å². The van der Waals surface area contributed by atoms with Crippen LogP contribution in [0.5, 0.6) is 0 Å². The van der Waals surface area contributed by atoms with Crippen molar-refractivity contribution in [2.75, 3.05) is 13.1 Å². The Hall–Kier alpha value is -2.17. The molecule has 1 amide bonds. The lowest BCUT2D eigenvalue weighted by Crippen LogP contribution is -2.35. The number of benzene rings is 1. The van der Waals surface area contributed by atoms with Crippen LogP contribution < -0.4 is 0 Å². The second-order valence-corrected chi connectivity index (χ2v) is 6.22. The monoisotopic (exact) mass is 304 g/mol. The number of carbonyl (C=O) groups excluding carboxylic acids is 1. The molecule has 22 heavy (non-hydrogen) atoms. The van der Waals surface area contributed by atoms with Crippen LogP contribution in [0.15, 0.2) is 30.3 Å². The number of hydrogen-bond acceptors (Lipinski definition) is 3. The number of carbonyl (C=O) groups is 1. The van der Waals surface area contributed by atoms with Crippen LogP contribution in [0.25, 0.3) is 6.08 Å². The number of nitro benzene ring substituents is 1. The number of hydrogen-bond donors (Lipinski definition) is 0. The van der Waals surface area contributed by atoms with E-state index in [1.165, 1.54) is 18.2 Å². The Balaban J connectivity index is 2.83. The highest BCUT2D eigenvalue weighted by Crippen LogP contribution is 2.14. The van der Waals surface area contributed by atoms with Crippen molar-refractivity contribution < 1.29 is 9.72 Å². The summed E-state index contributed by atoms with van der Waals surface area (Å²) in [5, 5.41) is 10.7. The van der Waals surface area contributed by atoms with E-state index in [9.17, 15) is 14.9 Å². The minimum atomic E-state index is -0.441. The molecule has 1 aromatic carbocycles. The minimum Gasteiger partial charge on any atom is -0.339 e. The molecule has 120 valence electrons. The lowest BCUT2D eigenvalue weighted by atomic mass is 10.1. The molecule has 0 aliphatic carbocycles. The number of nitro groups is 1. The van der Waals surface area contributed by atoms with Crippen LogP contribution in [-0.2, 0) is 4.79 Å². The van der Waals surface area contributed by atoms with Crippen molar-refractivity contribution in [2.45, 2.75) is 27.7 Å². The van der Waals surface area contributed by atoms with Gasteiger partial charge >= 0.3 is 0 Å². The summed E-state index contributed by atoms with van der Waals surface area (Å²) in [5.74, 6) is 0.733. The molecule has 0 fully saturated rings. The van der Waals surface area contributed by atoms with Crippen molar-refractivity contribution >= 4 is 17.7 Å². The first kappa shape index (κ1) is 17.9. The maximum absolute atomic E-state index is 12.3. The summed E-state index contributed by atoms with van der Waals surface area (Å²) in [6.45, 7) is 9.71. The van der Waals surface area contributed by atoms with E-state index < -0.39 is 4.92 Å². The topological polar surface area (TPSA) is 63.5 Å². The zero-order chi connectivity index (χ0) is 16.7. The average molecular weight is 304 g/mol. The van der Waals surface area contributed by atoms with E-state index >= 15 is 0 Å². The highest BCUT2D eigenvalue weighted by atomic mass is 16.6. The fraction of sp³-hybridized carbons (Fsp3) is 0.471. The Morgan fingerprint density at radius 3 is 2.32 bits per heavy atom. The Morgan fingerprint density at radius 1 is 1.23 bits per heavy atom. The molecule has 0 bridgehead atoms. The van der Waals surface area contributed by atoms with Gasteiger partial charge in [-0.1, -0.05) is 39.8 Å². The summed E-state index contributed by atoms with van der Waals surface area (Å²) in [6, 6.07) is 6.25. The van der Waals surface area contributed by atoms with Gasteiger partial charge in [0.2, 0.25) is 5.91 Å². The van der Waals surface area contributed by atoms with E-state index in [0.29, 0.717) is 30.5 Å². The average Bonchev–Trinajstić information content (AvgIpc) is 2.43. The molecule has 0 N–H and O–H groups in total. The summed E-state index contributed by atoms with van der Waals surface area (Å²) in [7, 11) is 0. The van der Waals surface area contributed by atoms with Crippen molar-refractivity contribution in [3.63, 3.8) is 0 Å². The van der Waals surface area contributed by atoms with Gasteiger partial charge in [0.15, 0.2) is 0 Å². The zero-order valence-electron chi connectivity index (χ0n) is 13.7. The summed E-state index contributed by atoms with van der Waals surface area (Å²) < 4.78 is 0. The highest BCUT2D eigenvalue weighted by Gasteiger charge is 2.14. The lowest BCUT2D eigenvalue weighted by Gasteiger charge is -2.25. The van der Waals surface area contributed by atoms with Crippen LogP contribution in [0.4, 0.5) is 5.69 Å². The van der Waals surface area contributed by atoms with Crippen molar-refractivity contribution in [1.29, 1.82) is 0 Å². The van der Waals surface area contributed by atoms with Crippen molar-refractivity contribution in [2.24, 2.45) is 11.8 Å². The fourth-order valence-electron chi connectivity index (χ4n) is 2.15. The van der Waals surface area contributed by atoms with Crippen LogP contribution in [0.1, 0.15) is 33.3 Å². The zero-order valence-corrected chi connectivity index (χ0v) is 13.7. The van der Waals surface area contributed by atoms with Gasteiger partial charge in [-0.25, -0.2) is 0 Å². The van der Waals surface area contributed by atoms with Gasteiger partial charge < -0.3 is 4.90 Å². The third-order valence-electron chi connectivity index (χ3n) is 2.98. The van der Waals surface area contributed by atoms with Crippen molar-refractivity contribution in [1.82, 2.24) is 4.90 Å². The fourth-order valence-corrected chi connectivity index (χ4v) is 2.15. The predicted octanol–water partition coefficient (Wildman–Crippen LogP) is 3.75. The number of nitrogens with zero attached hydrogens (tertiary/aromatic N) is 2. The maximum atomic E-state index is 12.3. The molecule has 0 saturated carbocycles. The first-order chi connectivity index (χ1) is 10.3. The Bertz CT molecular complexity index is 541. The lowest BCUT2D eigenvalue weighted by molar-refractivity contribution is -0.384. The molecular weight excluding hydrogens is 280 g/mol. The van der Waals surface area contributed by atoms with Gasteiger partial charge in [0.25, 0.3) is 5.69 Å². The van der Waals surface area contributed by atoms with Gasteiger partial charge in [0, 0.05) is 31.3 Å². The summed E-state index contributed by atoms with van der Waals surface area (Å²) in [4.78, 5) is 24.4. The Kier molecular flexibility index (Phi) is 6.76. The molecule has 0 saturated heterocycles. The summed E-state index contributed by atoms with van der Waals surface area (Å²) >= 11 is 0. The normalized spacial score (nSPS) is 11.4. The molecule has 0 aliphatic rings. The second kappa shape index (κ2) is 8.32. The van der Waals surface area contributed by atoms with Crippen molar-refractivity contribution in [3.05, 3.63) is 46.0 Å². The van der Waals surface area contributed by atoms with Gasteiger partial charge in [-0.05, 0) is 23.5 Å². The first-order valence-corrected chi connectivity index (χ1v) is 7.51. The molecule has 5 nitrogen and oxygen atoms in total. The van der Waals surface area contributed by atoms with Gasteiger partial charge in [-0.2, -0.15) is 0 Å². The van der Waals surface area contributed by atoms with E-state index in [-0.39, 0.29) is 11.6 Å². The van der Waals surface area contributed by atoms with Crippen molar-refractivity contribution in [3.8, 4) is 0 Å². The molecule has 0 atom stereocenters. The van der Waals surface area contributed by atoms with Gasteiger partial charge in [-0.3, -0.25) is 14.9 Å². The third kappa shape index (κ3) is 6.08. The summed E-state index contributed by atoms with van der Waals surface area (Å²) in [6.07, 6.45) is 3.12. The smallest absolute Gasteiger partial charge is 0.270 e. The molecule has 5 heteroatoms.